The Labute approximate surface area is 219 Å². The van der Waals surface area contributed by atoms with E-state index in [0.717, 1.165) is 38.3 Å². The molecule has 4 rings (SSSR count). The van der Waals surface area contributed by atoms with E-state index in [4.69, 9.17) is 22.3 Å². The van der Waals surface area contributed by atoms with E-state index in [2.05, 4.69) is 16.7 Å². The van der Waals surface area contributed by atoms with Crippen LogP contribution in [0.1, 0.15) is 43.7 Å². The first-order valence-corrected chi connectivity index (χ1v) is 13.5. The molecule has 1 amide bonds. The van der Waals surface area contributed by atoms with E-state index < -0.39 is 5.97 Å². The van der Waals surface area contributed by atoms with Gasteiger partial charge in [-0.2, -0.15) is 0 Å². The van der Waals surface area contributed by atoms with Gasteiger partial charge in [-0.3, -0.25) is 23.7 Å². The number of carbonyl (C=O) groups excluding carboxylic acids is 1. The maximum atomic E-state index is 13.6. The highest BCUT2D eigenvalue weighted by atomic mass is 32.2. The summed E-state index contributed by atoms with van der Waals surface area (Å²) >= 11 is 6.65. The number of anilines is 1. The summed E-state index contributed by atoms with van der Waals surface area (Å²) in [5.41, 5.74) is 1.70. The molecule has 2 aromatic heterocycles. The number of carboxylic acids is 1. The number of carboxylic acid groups (broad SMARTS) is 1. The summed E-state index contributed by atoms with van der Waals surface area (Å²) in [7, 11) is 0. The van der Waals surface area contributed by atoms with Gasteiger partial charge < -0.3 is 14.9 Å². The molecule has 4 heterocycles. The van der Waals surface area contributed by atoms with Crippen molar-refractivity contribution < 1.29 is 14.7 Å². The maximum absolute atomic E-state index is 13.6. The summed E-state index contributed by atoms with van der Waals surface area (Å²) in [6, 6.07) is 3.75. The van der Waals surface area contributed by atoms with Crippen LogP contribution < -0.4 is 10.5 Å². The zero-order valence-electron chi connectivity index (χ0n) is 20.6. The number of unbranched alkanes of at least 4 members (excludes halogenated alkanes) is 2. The number of rotatable bonds is 9. The molecule has 2 fully saturated rings. The molecule has 192 valence electrons. The van der Waals surface area contributed by atoms with Crippen molar-refractivity contribution >= 4 is 57.7 Å². The van der Waals surface area contributed by atoms with E-state index >= 15 is 0 Å². The third-order valence-electron chi connectivity index (χ3n) is 6.60. The number of nitrogens with zero attached hydrogens (tertiary/aromatic N) is 5. The molecule has 1 N–H and O–H groups in total. The number of piperazine rings is 1. The number of pyridine rings is 1. The summed E-state index contributed by atoms with van der Waals surface area (Å²) < 4.78 is 1.99. The first-order chi connectivity index (χ1) is 17.3. The lowest BCUT2D eigenvalue weighted by Gasteiger charge is -2.35. The minimum Gasteiger partial charge on any atom is -0.481 e. The Morgan fingerprint density at radius 3 is 2.64 bits per heavy atom. The summed E-state index contributed by atoms with van der Waals surface area (Å²) in [5, 5.41) is 8.79. The smallest absolute Gasteiger partial charge is 0.303 e. The predicted octanol–water partition coefficient (Wildman–Crippen LogP) is 2.99. The summed E-state index contributed by atoms with van der Waals surface area (Å²) in [6.07, 6.45) is 5.40. The standard InChI is InChI=1S/C25H31N5O4S2/c1-3-27-12-14-28(15-13-27)22-18(23(33)29-11-7-8-17(2)21(29)26-22)16-19-24(34)30(25(35)36-19)10-6-4-5-9-20(31)32/h7-8,11,16H,3-6,9-10,12-15H2,1-2H3,(H,31,32)/b19-16-. The second kappa shape index (κ2) is 11.5. The average Bonchev–Trinajstić information content (AvgIpc) is 3.13. The molecule has 0 aromatic carbocycles. The lowest BCUT2D eigenvalue weighted by molar-refractivity contribution is -0.137. The van der Waals surface area contributed by atoms with Gasteiger partial charge in [-0.1, -0.05) is 43.4 Å². The topological polar surface area (TPSA) is 98.5 Å². The second-order valence-corrected chi connectivity index (χ2v) is 10.7. The van der Waals surface area contributed by atoms with Gasteiger partial charge in [0.1, 0.15) is 15.8 Å². The minimum absolute atomic E-state index is 0.117. The van der Waals surface area contributed by atoms with E-state index in [-0.39, 0.29) is 17.9 Å². The lowest BCUT2D eigenvalue weighted by atomic mass is 10.2. The van der Waals surface area contributed by atoms with Gasteiger partial charge in [-0.25, -0.2) is 4.98 Å². The van der Waals surface area contributed by atoms with Crippen LogP contribution in [0.4, 0.5) is 5.82 Å². The normalized spacial score (nSPS) is 18.1. The quantitative estimate of drug-likeness (QED) is 0.299. The minimum atomic E-state index is -0.819. The largest absolute Gasteiger partial charge is 0.481 e. The van der Waals surface area contributed by atoms with Crippen LogP contribution >= 0.6 is 24.0 Å². The summed E-state index contributed by atoms with van der Waals surface area (Å²) in [6.45, 7) is 8.75. The van der Waals surface area contributed by atoms with Gasteiger partial charge in [-0.15, -0.1) is 0 Å². The van der Waals surface area contributed by atoms with Crippen molar-refractivity contribution in [1.82, 2.24) is 19.2 Å². The number of aryl methyl sites for hydroxylation is 1. The van der Waals surface area contributed by atoms with Crippen molar-refractivity contribution in [1.29, 1.82) is 0 Å². The number of amides is 1. The van der Waals surface area contributed by atoms with E-state index in [1.807, 2.05) is 19.1 Å². The van der Waals surface area contributed by atoms with Crippen molar-refractivity contribution in [2.24, 2.45) is 0 Å². The van der Waals surface area contributed by atoms with Crippen LogP contribution in [0.3, 0.4) is 0 Å². The van der Waals surface area contributed by atoms with Gasteiger partial charge in [0.2, 0.25) is 0 Å². The number of thioether (sulfide) groups is 1. The molecule has 2 aliphatic rings. The number of aliphatic carboxylic acids is 1. The Morgan fingerprint density at radius 2 is 1.94 bits per heavy atom. The number of fused-ring (bicyclic) bond motifs is 1. The van der Waals surface area contributed by atoms with E-state index in [0.29, 0.717) is 52.1 Å². The monoisotopic (exact) mass is 529 g/mol. The third-order valence-corrected chi connectivity index (χ3v) is 7.98. The SMILES string of the molecule is CCN1CCN(c2nc3c(C)cccn3c(=O)c2/C=C2\SC(=S)N(CCCCCC(=O)O)C2=O)CC1. The van der Waals surface area contributed by atoms with Crippen molar-refractivity contribution in [3.8, 4) is 0 Å². The fraction of sp³-hybridized carbons (Fsp3) is 0.480. The van der Waals surface area contributed by atoms with Crippen molar-refractivity contribution in [3.63, 3.8) is 0 Å². The van der Waals surface area contributed by atoms with Crippen LogP contribution in [-0.2, 0) is 9.59 Å². The molecule has 0 aliphatic carbocycles. The molecule has 11 heteroatoms. The Hall–Kier alpha value is -2.76. The average molecular weight is 530 g/mol. The zero-order valence-corrected chi connectivity index (χ0v) is 22.2. The molecule has 2 saturated heterocycles. The molecule has 2 aliphatic heterocycles. The Bertz CT molecular complexity index is 1270. The Morgan fingerprint density at radius 1 is 1.19 bits per heavy atom. The lowest BCUT2D eigenvalue weighted by Crippen LogP contribution is -2.47. The summed E-state index contributed by atoms with van der Waals surface area (Å²) in [5.74, 6) is -0.441. The molecule has 9 nitrogen and oxygen atoms in total. The van der Waals surface area contributed by atoms with Crippen molar-refractivity contribution in [3.05, 3.63) is 44.7 Å². The zero-order chi connectivity index (χ0) is 25.8. The number of hydrogen-bond donors (Lipinski definition) is 1. The van der Waals surface area contributed by atoms with E-state index in [9.17, 15) is 14.4 Å². The highest BCUT2D eigenvalue weighted by molar-refractivity contribution is 8.26. The predicted molar refractivity (Wildman–Crippen MR) is 147 cm³/mol. The number of hydrogen-bond acceptors (Lipinski definition) is 8. The molecule has 36 heavy (non-hydrogen) atoms. The van der Waals surface area contributed by atoms with Crippen LogP contribution in [0, 0.1) is 6.92 Å². The molecule has 0 atom stereocenters. The molecule has 0 unspecified atom stereocenters. The molecule has 0 saturated carbocycles. The van der Waals surface area contributed by atoms with E-state index in [1.54, 1.807) is 17.2 Å². The first-order valence-electron chi connectivity index (χ1n) is 12.3. The Balaban J connectivity index is 1.64. The van der Waals surface area contributed by atoms with Gasteiger partial charge in [0.25, 0.3) is 11.5 Å². The van der Waals surface area contributed by atoms with Crippen LogP contribution in [0.2, 0.25) is 0 Å². The van der Waals surface area contributed by atoms with Crippen LogP contribution in [0.25, 0.3) is 11.7 Å². The molecular formula is C25H31N5O4S2. The molecule has 0 radical (unpaired) electrons. The number of carbonyl (C=O) groups is 2. The fourth-order valence-corrected chi connectivity index (χ4v) is 5.78. The van der Waals surface area contributed by atoms with Crippen molar-refractivity contribution in [2.75, 3.05) is 44.2 Å². The van der Waals surface area contributed by atoms with Crippen LogP contribution in [0.15, 0.2) is 28.0 Å². The fourth-order valence-electron chi connectivity index (χ4n) is 4.49. The maximum Gasteiger partial charge on any atom is 0.303 e. The highest BCUT2D eigenvalue weighted by Gasteiger charge is 2.33. The van der Waals surface area contributed by atoms with Crippen LogP contribution in [0.5, 0.6) is 0 Å². The first kappa shape index (κ1) is 26.3. The van der Waals surface area contributed by atoms with Crippen molar-refractivity contribution in [2.45, 2.75) is 39.5 Å². The molecule has 0 bridgehead atoms. The van der Waals surface area contributed by atoms with Crippen LogP contribution in [-0.4, -0.2) is 79.8 Å². The molecule has 0 spiro atoms. The highest BCUT2D eigenvalue weighted by Crippen LogP contribution is 2.34. The van der Waals surface area contributed by atoms with Gasteiger partial charge in [0.15, 0.2) is 0 Å². The third kappa shape index (κ3) is 5.63. The number of aromatic nitrogens is 2. The molecular weight excluding hydrogens is 498 g/mol. The molecule has 2 aromatic rings. The van der Waals surface area contributed by atoms with Gasteiger partial charge >= 0.3 is 5.97 Å². The number of likely N-dealkylation sites (N-methyl/N-ethyl adjacent to an activating group) is 1. The summed E-state index contributed by atoms with van der Waals surface area (Å²) in [4.78, 5) is 48.9. The van der Waals surface area contributed by atoms with Gasteiger partial charge in [-0.05, 0) is 44.0 Å². The van der Waals surface area contributed by atoms with Gasteiger partial charge in [0.05, 0.1) is 10.5 Å². The number of thiocarbonyl (C=S) groups is 1. The van der Waals surface area contributed by atoms with Gasteiger partial charge in [0, 0.05) is 45.3 Å². The Kier molecular flexibility index (Phi) is 8.43. The second-order valence-electron chi connectivity index (χ2n) is 9.00. The van der Waals surface area contributed by atoms with E-state index in [1.165, 1.54) is 16.2 Å².